The minimum Gasteiger partial charge on any atom is -0.385 e. The molecule has 1 atom stereocenters. The van der Waals surface area contributed by atoms with Crippen LogP contribution in [0.5, 0.6) is 0 Å². The lowest BCUT2D eigenvalue weighted by Gasteiger charge is -2.19. The van der Waals surface area contributed by atoms with Crippen LogP contribution in [0.1, 0.15) is 44.2 Å². The van der Waals surface area contributed by atoms with Crippen molar-refractivity contribution < 1.29 is 9.13 Å². The molecule has 1 aromatic carbocycles. The molecule has 0 heterocycles. The number of hydrogen-bond acceptors (Lipinski definition) is 2. The first-order chi connectivity index (χ1) is 8.77. The van der Waals surface area contributed by atoms with E-state index in [-0.39, 0.29) is 5.82 Å². The summed E-state index contributed by atoms with van der Waals surface area (Å²) < 4.78 is 18.0. The highest BCUT2D eigenvalue weighted by Crippen LogP contribution is 2.19. The van der Waals surface area contributed by atoms with E-state index in [1.54, 1.807) is 7.11 Å². The summed E-state index contributed by atoms with van der Waals surface area (Å²) in [6, 6.07) is 7.14. The number of unbranched alkanes of at least 4 members (excludes halogenated alkanes) is 1. The number of hydrogen-bond donors (Lipinski definition) is 1. The number of benzene rings is 1. The number of halogens is 1. The molecule has 0 bridgehead atoms. The van der Waals surface area contributed by atoms with Crippen LogP contribution in [0.4, 0.5) is 4.39 Å². The zero-order valence-corrected chi connectivity index (χ0v) is 11.4. The highest BCUT2D eigenvalue weighted by atomic mass is 19.1. The number of methoxy groups -OCH3 is 1. The van der Waals surface area contributed by atoms with Crippen molar-refractivity contribution in [1.82, 2.24) is 5.32 Å². The summed E-state index contributed by atoms with van der Waals surface area (Å²) in [7, 11) is 1.72. The van der Waals surface area contributed by atoms with Crippen molar-refractivity contribution in [3.05, 3.63) is 35.6 Å². The van der Waals surface area contributed by atoms with Crippen molar-refractivity contribution in [2.45, 2.75) is 38.6 Å². The molecule has 0 aliphatic rings. The third kappa shape index (κ3) is 5.61. The van der Waals surface area contributed by atoms with Crippen molar-refractivity contribution in [2.75, 3.05) is 20.3 Å². The van der Waals surface area contributed by atoms with Gasteiger partial charge in [-0.25, -0.2) is 4.39 Å². The fourth-order valence-corrected chi connectivity index (χ4v) is 1.98. The smallest absolute Gasteiger partial charge is 0.123 e. The highest BCUT2D eigenvalue weighted by Gasteiger charge is 2.10. The molecule has 2 nitrogen and oxygen atoms in total. The molecule has 1 aromatic rings. The summed E-state index contributed by atoms with van der Waals surface area (Å²) in [6.45, 7) is 3.89. The number of nitrogens with one attached hydrogen (secondary N) is 1. The van der Waals surface area contributed by atoms with Crippen LogP contribution in [0.3, 0.4) is 0 Å². The van der Waals surface area contributed by atoms with E-state index in [1.165, 1.54) is 30.5 Å². The van der Waals surface area contributed by atoms with E-state index < -0.39 is 0 Å². The average molecular weight is 253 g/mol. The monoisotopic (exact) mass is 253 g/mol. The molecule has 0 aliphatic carbocycles. The van der Waals surface area contributed by atoms with E-state index in [4.69, 9.17) is 4.74 Å². The zero-order valence-electron chi connectivity index (χ0n) is 11.4. The van der Waals surface area contributed by atoms with Crippen LogP contribution in [0.25, 0.3) is 0 Å². The lowest BCUT2D eigenvalue weighted by molar-refractivity contribution is 0.193. The Bertz CT molecular complexity index is 313. The second kappa shape index (κ2) is 9.06. The lowest BCUT2D eigenvalue weighted by atomic mass is 10.0. The molecule has 1 unspecified atom stereocenters. The second-order valence-electron chi connectivity index (χ2n) is 4.55. The van der Waals surface area contributed by atoms with E-state index >= 15 is 0 Å². The Balaban J connectivity index is 2.51. The van der Waals surface area contributed by atoms with Crippen molar-refractivity contribution in [2.24, 2.45) is 0 Å². The van der Waals surface area contributed by atoms with Gasteiger partial charge in [-0.05, 0) is 37.1 Å². The van der Waals surface area contributed by atoms with Crippen LogP contribution in [0, 0.1) is 5.82 Å². The quantitative estimate of drug-likeness (QED) is 0.678. The molecule has 18 heavy (non-hydrogen) atoms. The average Bonchev–Trinajstić information content (AvgIpc) is 2.39. The van der Waals surface area contributed by atoms with Crippen LogP contribution in [0.2, 0.25) is 0 Å². The highest BCUT2D eigenvalue weighted by molar-refractivity contribution is 5.19. The molecule has 0 spiro atoms. The molecule has 0 fully saturated rings. The zero-order chi connectivity index (χ0) is 13.2. The summed E-state index contributed by atoms with van der Waals surface area (Å²) in [6.07, 6.45) is 4.45. The van der Waals surface area contributed by atoms with Gasteiger partial charge in [0, 0.05) is 19.8 Å². The molecule has 0 amide bonds. The Morgan fingerprint density at radius 2 is 1.94 bits per heavy atom. The van der Waals surface area contributed by atoms with Crippen molar-refractivity contribution in [3.8, 4) is 0 Å². The molecule has 1 N–H and O–H groups in total. The van der Waals surface area contributed by atoms with Gasteiger partial charge in [0.2, 0.25) is 0 Å². The van der Waals surface area contributed by atoms with Gasteiger partial charge in [0.05, 0.1) is 0 Å². The number of rotatable bonds is 9. The van der Waals surface area contributed by atoms with E-state index in [9.17, 15) is 4.39 Å². The van der Waals surface area contributed by atoms with Crippen LogP contribution in [-0.4, -0.2) is 20.3 Å². The van der Waals surface area contributed by atoms with E-state index in [1.807, 2.05) is 12.1 Å². The van der Waals surface area contributed by atoms with Gasteiger partial charge < -0.3 is 10.1 Å². The van der Waals surface area contributed by atoms with Crippen molar-refractivity contribution >= 4 is 0 Å². The normalized spacial score (nSPS) is 12.6. The van der Waals surface area contributed by atoms with Crippen LogP contribution < -0.4 is 5.32 Å². The second-order valence-corrected chi connectivity index (χ2v) is 4.55. The minimum absolute atomic E-state index is 0.174. The Morgan fingerprint density at radius 1 is 1.22 bits per heavy atom. The summed E-state index contributed by atoms with van der Waals surface area (Å²) >= 11 is 0. The summed E-state index contributed by atoms with van der Waals surface area (Å²) in [5, 5.41) is 3.52. The van der Waals surface area contributed by atoms with Gasteiger partial charge in [0.15, 0.2) is 0 Å². The molecule has 0 saturated heterocycles. The standard InChI is InChI=1S/C15H24FNO/c1-3-4-6-15(17-11-5-12-18-2)13-7-9-14(16)10-8-13/h7-10,15,17H,3-6,11-12H2,1-2H3. The van der Waals surface area contributed by atoms with Gasteiger partial charge in [-0.3, -0.25) is 0 Å². The Hall–Kier alpha value is -0.930. The minimum atomic E-state index is -0.174. The van der Waals surface area contributed by atoms with Gasteiger partial charge in [0.1, 0.15) is 5.82 Å². The van der Waals surface area contributed by atoms with E-state index in [0.717, 1.165) is 26.0 Å². The molecule has 1 rings (SSSR count). The predicted molar refractivity (Wildman–Crippen MR) is 73.2 cm³/mol. The maximum atomic E-state index is 12.9. The summed E-state index contributed by atoms with van der Waals surface area (Å²) in [5.41, 5.74) is 1.17. The molecule has 0 aromatic heterocycles. The molecule has 102 valence electrons. The Kier molecular flexibility index (Phi) is 7.62. The lowest BCUT2D eigenvalue weighted by Crippen LogP contribution is -2.23. The summed E-state index contributed by atoms with van der Waals surface area (Å²) in [4.78, 5) is 0. The molecule has 0 saturated carbocycles. The fraction of sp³-hybridized carbons (Fsp3) is 0.600. The molecule has 3 heteroatoms. The van der Waals surface area contributed by atoms with Crippen LogP contribution in [-0.2, 0) is 4.74 Å². The van der Waals surface area contributed by atoms with Crippen molar-refractivity contribution in [3.63, 3.8) is 0 Å². The van der Waals surface area contributed by atoms with Crippen LogP contribution >= 0.6 is 0 Å². The SMILES string of the molecule is CCCCC(NCCCOC)c1ccc(F)cc1. The first-order valence-electron chi connectivity index (χ1n) is 6.75. The first-order valence-corrected chi connectivity index (χ1v) is 6.75. The first kappa shape index (κ1) is 15.1. The van der Waals surface area contributed by atoms with Crippen LogP contribution in [0.15, 0.2) is 24.3 Å². The maximum absolute atomic E-state index is 12.9. The molecule has 0 radical (unpaired) electrons. The largest absolute Gasteiger partial charge is 0.385 e. The fourth-order valence-electron chi connectivity index (χ4n) is 1.98. The topological polar surface area (TPSA) is 21.3 Å². The van der Waals surface area contributed by atoms with E-state index in [2.05, 4.69) is 12.2 Å². The third-order valence-corrected chi connectivity index (χ3v) is 3.03. The van der Waals surface area contributed by atoms with E-state index in [0.29, 0.717) is 6.04 Å². The summed E-state index contributed by atoms with van der Waals surface area (Å²) in [5.74, 6) is -0.174. The van der Waals surface area contributed by atoms with Gasteiger partial charge >= 0.3 is 0 Å². The van der Waals surface area contributed by atoms with Gasteiger partial charge in [-0.2, -0.15) is 0 Å². The maximum Gasteiger partial charge on any atom is 0.123 e. The Morgan fingerprint density at radius 3 is 2.56 bits per heavy atom. The molecular weight excluding hydrogens is 229 g/mol. The van der Waals surface area contributed by atoms with Crippen molar-refractivity contribution in [1.29, 1.82) is 0 Å². The number of ether oxygens (including phenoxy) is 1. The molecule has 0 aliphatic heterocycles. The predicted octanol–water partition coefficient (Wildman–Crippen LogP) is 3.68. The van der Waals surface area contributed by atoms with Gasteiger partial charge in [0.25, 0.3) is 0 Å². The molecular formula is C15H24FNO. The Labute approximate surface area is 110 Å². The third-order valence-electron chi connectivity index (χ3n) is 3.03. The van der Waals surface area contributed by atoms with Gasteiger partial charge in [-0.1, -0.05) is 31.9 Å². The van der Waals surface area contributed by atoms with Gasteiger partial charge in [-0.15, -0.1) is 0 Å².